The topological polar surface area (TPSA) is 114 Å². The fourth-order valence-electron chi connectivity index (χ4n) is 7.85. The molecule has 0 aliphatic heterocycles. The van der Waals surface area contributed by atoms with Gasteiger partial charge in [-0.3, -0.25) is 14.2 Å². The fraction of sp³-hybridized carbons (Fsp3) is 0.855. The molecule has 0 heterocycles. The second-order valence-electron chi connectivity index (χ2n) is 19.7. The molecule has 0 spiro atoms. The number of amides is 1. The molecule has 0 aromatic rings. The number of carbonyl (C=O) groups is 2. The first-order chi connectivity index (χ1) is 31.4. The molecule has 0 aromatic heterocycles. The second-order valence-corrected chi connectivity index (χ2v) is 21.1. The van der Waals surface area contributed by atoms with Crippen LogP contribution in [-0.2, 0) is 27.9 Å². The van der Waals surface area contributed by atoms with Crippen molar-refractivity contribution in [1.29, 1.82) is 0 Å². The van der Waals surface area contributed by atoms with Crippen molar-refractivity contribution in [1.82, 2.24) is 5.32 Å². The molecule has 1 N–H and O–H groups in total. The number of quaternary nitrogens is 1. The summed E-state index contributed by atoms with van der Waals surface area (Å²) in [5.41, 5.74) is 0. The molecule has 0 aliphatic rings. The Morgan fingerprint density at radius 1 is 0.554 bits per heavy atom. The Bertz CT molecular complexity index is 1220. The predicted octanol–water partition coefficient (Wildman–Crippen LogP) is 15.4. The number of carbonyl (C=O) groups excluding carboxylic acids is 2. The first-order valence-electron chi connectivity index (χ1n) is 27.3. The van der Waals surface area contributed by atoms with Crippen LogP contribution in [0.2, 0.25) is 0 Å². The molecule has 382 valence electrons. The maximum Gasteiger partial charge on any atom is 0.306 e. The van der Waals surface area contributed by atoms with Crippen LogP contribution in [0.15, 0.2) is 36.5 Å². The Kier molecular flexibility index (Phi) is 44.7. The van der Waals surface area contributed by atoms with E-state index in [4.69, 9.17) is 13.8 Å². The van der Waals surface area contributed by atoms with E-state index in [-0.39, 0.29) is 31.5 Å². The van der Waals surface area contributed by atoms with Gasteiger partial charge in [0.15, 0.2) is 0 Å². The van der Waals surface area contributed by atoms with E-state index in [0.29, 0.717) is 17.4 Å². The standard InChI is InChI=1S/C55H105N2O7P/c1-7-10-13-16-19-22-25-27-29-32-35-38-41-44-47-54(58)56-52(51-63-65(60,61)62-50-49-57(4,5)6)53(46-43-40-37-34-31-24-21-18-15-12-9-3)64-55(59)48-45-42-39-36-33-30-28-26-23-20-17-14-11-8-2/h11,14,20,23,43,46,52-53H,7-10,12-13,15-19,21-22,24-42,44-45,47-51H2,1-6H3,(H-,56,58,60,61)/b14-11+,23-20+,46-43+. The summed E-state index contributed by atoms with van der Waals surface area (Å²) in [7, 11) is 1.19. The summed E-state index contributed by atoms with van der Waals surface area (Å²) in [5, 5.41) is 3.01. The summed E-state index contributed by atoms with van der Waals surface area (Å²) >= 11 is 0. The van der Waals surface area contributed by atoms with Crippen LogP contribution in [0.3, 0.4) is 0 Å². The Morgan fingerprint density at radius 2 is 0.985 bits per heavy atom. The number of nitrogens with one attached hydrogen (secondary N) is 1. The second kappa shape index (κ2) is 46.0. The first kappa shape index (κ1) is 63.2. The van der Waals surface area contributed by atoms with Crippen molar-refractivity contribution in [3.05, 3.63) is 36.5 Å². The van der Waals surface area contributed by atoms with Crippen LogP contribution in [0.4, 0.5) is 0 Å². The molecule has 3 atom stereocenters. The van der Waals surface area contributed by atoms with Gasteiger partial charge in [0.2, 0.25) is 5.91 Å². The van der Waals surface area contributed by atoms with Gasteiger partial charge in [-0.15, -0.1) is 0 Å². The molecule has 0 radical (unpaired) electrons. The van der Waals surface area contributed by atoms with Crippen LogP contribution in [0.25, 0.3) is 0 Å². The normalized spacial score (nSPS) is 14.1. The smallest absolute Gasteiger partial charge is 0.306 e. The van der Waals surface area contributed by atoms with Gasteiger partial charge in [0, 0.05) is 12.8 Å². The van der Waals surface area contributed by atoms with E-state index in [1.54, 1.807) is 0 Å². The SMILES string of the molecule is CC/C=C/C/C=C/CCCCCCCCCC(=O)OC(/C=C/CCCCCCCCCCC)C(COP(=O)([O-])OCC[N+](C)(C)C)NC(=O)CCCCCCCCCCCCCCCC. The molecule has 0 rings (SSSR count). The largest absolute Gasteiger partial charge is 0.756 e. The summed E-state index contributed by atoms with van der Waals surface area (Å²) in [4.78, 5) is 39.7. The number of unbranched alkanes of at least 4 members (excludes halogenated alkanes) is 29. The molecule has 3 unspecified atom stereocenters. The third kappa shape index (κ3) is 47.1. The van der Waals surface area contributed by atoms with Gasteiger partial charge in [-0.2, -0.15) is 0 Å². The van der Waals surface area contributed by atoms with Gasteiger partial charge in [-0.05, 0) is 57.4 Å². The minimum absolute atomic E-state index is 0.0218. The van der Waals surface area contributed by atoms with Gasteiger partial charge >= 0.3 is 5.97 Å². The van der Waals surface area contributed by atoms with E-state index in [1.165, 1.54) is 135 Å². The number of hydrogen-bond acceptors (Lipinski definition) is 7. The maximum atomic E-state index is 13.4. The number of phosphoric ester groups is 1. The van der Waals surface area contributed by atoms with E-state index < -0.39 is 20.0 Å². The van der Waals surface area contributed by atoms with Crippen molar-refractivity contribution in [3.8, 4) is 0 Å². The van der Waals surface area contributed by atoms with Crippen LogP contribution in [0.5, 0.6) is 0 Å². The Labute approximate surface area is 402 Å². The number of phosphoric acid groups is 1. The number of rotatable bonds is 49. The average molecular weight is 937 g/mol. The number of hydrogen-bond donors (Lipinski definition) is 1. The van der Waals surface area contributed by atoms with Crippen molar-refractivity contribution in [2.24, 2.45) is 0 Å². The highest BCUT2D eigenvalue weighted by molar-refractivity contribution is 7.45. The summed E-state index contributed by atoms with van der Waals surface area (Å²) in [6.45, 7) is 6.73. The fourth-order valence-corrected chi connectivity index (χ4v) is 8.58. The minimum Gasteiger partial charge on any atom is -0.756 e. The highest BCUT2D eigenvalue weighted by Crippen LogP contribution is 2.38. The van der Waals surface area contributed by atoms with Crippen LogP contribution < -0.4 is 10.2 Å². The molecule has 0 aromatic carbocycles. The molecule has 0 saturated heterocycles. The number of nitrogens with zero attached hydrogens (tertiary/aromatic N) is 1. The van der Waals surface area contributed by atoms with Gasteiger partial charge < -0.3 is 28.5 Å². The van der Waals surface area contributed by atoms with Crippen molar-refractivity contribution in [2.75, 3.05) is 40.9 Å². The molecule has 0 saturated carbocycles. The number of likely N-dealkylation sites (N-methyl/N-ethyl adjacent to an activating group) is 1. The highest BCUT2D eigenvalue weighted by atomic mass is 31.2. The molecular formula is C55H105N2O7P. The summed E-state index contributed by atoms with van der Waals surface area (Å²) in [6, 6.07) is -0.885. The molecule has 10 heteroatoms. The molecule has 0 aliphatic carbocycles. The van der Waals surface area contributed by atoms with E-state index in [1.807, 2.05) is 33.3 Å². The quantitative estimate of drug-likeness (QED) is 0.0212. The maximum absolute atomic E-state index is 13.4. The van der Waals surface area contributed by atoms with Gasteiger partial charge in [-0.1, -0.05) is 218 Å². The molecule has 0 fully saturated rings. The molecule has 9 nitrogen and oxygen atoms in total. The molecule has 1 amide bonds. The monoisotopic (exact) mass is 937 g/mol. The highest BCUT2D eigenvalue weighted by Gasteiger charge is 2.27. The third-order valence-electron chi connectivity index (χ3n) is 12.1. The first-order valence-corrected chi connectivity index (χ1v) is 28.8. The van der Waals surface area contributed by atoms with E-state index in [2.05, 4.69) is 50.4 Å². The zero-order valence-electron chi connectivity index (χ0n) is 43.4. The predicted molar refractivity (Wildman–Crippen MR) is 275 cm³/mol. The van der Waals surface area contributed by atoms with E-state index >= 15 is 0 Å². The number of ether oxygens (including phenoxy) is 1. The van der Waals surface area contributed by atoms with Crippen LogP contribution in [0.1, 0.15) is 252 Å². The van der Waals surface area contributed by atoms with Crippen molar-refractivity contribution >= 4 is 19.7 Å². The zero-order chi connectivity index (χ0) is 48.0. The van der Waals surface area contributed by atoms with Crippen molar-refractivity contribution in [2.45, 2.75) is 264 Å². The zero-order valence-corrected chi connectivity index (χ0v) is 44.3. The van der Waals surface area contributed by atoms with Gasteiger partial charge in [0.1, 0.15) is 19.3 Å². The summed E-state index contributed by atoms with van der Waals surface area (Å²) in [5.74, 6) is -0.545. The Hall–Kier alpha value is -1.77. The molecule has 0 bridgehead atoms. The van der Waals surface area contributed by atoms with E-state index in [0.717, 1.165) is 83.5 Å². The lowest BCUT2D eigenvalue weighted by molar-refractivity contribution is -0.870. The van der Waals surface area contributed by atoms with Crippen LogP contribution in [-0.4, -0.2) is 69.4 Å². The lowest BCUT2D eigenvalue weighted by Crippen LogP contribution is -2.47. The summed E-state index contributed by atoms with van der Waals surface area (Å²) < 4.78 is 30.1. The van der Waals surface area contributed by atoms with Gasteiger partial charge in [-0.25, -0.2) is 0 Å². The van der Waals surface area contributed by atoms with Crippen LogP contribution in [0, 0.1) is 0 Å². The van der Waals surface area contributed by atoms with Crippen molar-refractivity contribution < 1.29 is 37.3 Å². The van der Waals surface area contributed by atoms with Gasteiger partial charge in [0.05, 0.1) is 33.8 Å². The van der Waals surface area contributed by atoms with Gasteiger partial charge in [0.25, 0.3) is 7.82 Å². The Morgan fingerprint density at radius 3 is 1.46 bits per heavy atom. The molecular weight excluding hydrogens is 832 g/mol. The van der Waals surface area contributed by atoms with E-state index in [9.17, 15) is 19.0 Å². The number of esters is 1. The third-order valence-corrected chi connectivity index (χ3v) is 13.0. The lowest BCUT2D eigenvalue weighted by atomic mass is 10.0. The average Bonchev–Trinajstić information content (AvgIpc) is 3.26. The molecule has 65 heavy (non-hydrogen) atoms. The Balaban J connectivity index is 5.36. The van der Waals surface area contributed by atoms with Crippen LogP contribution >= 0.6 is 7.82 Å². The number of allylic oxidation sites excluding steroid dienone is 5. The minimum atomic E-state index is -4.69. The van der Waals surface area contributed by atoms with Crippen molar-refractivity contribution in [3.63, 3.8) is 0 Å². The lowest BCUT2D eigenvalue weighted by Gasteiger charge is -2.30. The summed E-state index contributed by atoms with van der Waals surface area (Å²) in [6.07, 6.45) is 52.5.